The Kier molecular flexibility index (Phi) is 2.90. The number of nitrogens with one attached hydrogen (secondary N) is 1. The Labute approximate surface area is 96.4 Å². The number of carbonyl (C=O) groups is 2. The number of H-pyrrole nitrogens is 1. The molecule has 0 aliphatic carbocycles. The second-order valence-electron chi connectivity index (χ2n) is 3.67. The van der Waals surface area contributed by atoms with Gasteiger partial charge in [-0.3, -0.25) is 19.3 Å². The number of anilines is 1. The molecule has 1 aliphatic rings. The number of rotatable bonds is 2. The quantitative estimate of drug-likeness (QED) is 0.686. The predicted octanol–water partition coefficient (Wildman–Crippen LogP) is -0.704. The maximum atomic E-state index is 11.7. The van der Waals surface area contributed by atoms with Crippen LogP contribution < -0.4 is 10.5 Å². The summed E-state index contributed by atoms with van der Waals surface area (Å²) in [6.45, 7) is 0.131. The van der Waals surface area contributed by atoms with Crippen molar-refractivity contribution in [3.8, 4) is 0 Å². The molecule has 1 atom stereocenters. The van der Waals surface area contributed by atoms with Gasteiger partial charge in [-0.15, -0.1) is 0 Å². The molecule has 2 heterocycles. The molecule has 90 valence electrons. The molecule has 1 fully saturated rings. The Hall–Kier alpha value is -2.18. The number of amides is 1. The third-order valence-corrected chi connectivity index (χ3v) is 2.60. The van der Waals surface area contributed by atoms with E-state index >= 15 is 0 Å². The standard InChI is InChI=1S/C10H11N3O4/c1-17-10(16)6-4-7(14)13(5-6)8-9(15)12-3-2-11-8/h2-3,6H,4-5H2,1H3,(H,12,15). The first-order chi connectivity index (χ1) is 8.13. The summed E-state index contributed by atoms with van der Waals surface area (Å²) in [4.78, 5) is 41.9. The van der Waals surface area contributed by atoms with E-state index in [2.05, 4.69) is 14.7 Å². The van der Waals surface area contributed by atoms with Gasteiger partial charge in [0.15, 0.2) is 0 Å². The van der Waals surface area contributed by atoms with Crippen LogP contribution in [0.5, 0.6) is 0 Å². The number of methoxy groups -OCH3 is 1. The molecule has 1 aliphatic heterocycles. The third-order valence-electron chi connectivity index (χ3n) is 2.60. The van der Waals surface area contributed by atoms with Crippen molar-refractivity contribution in [3.05, 3.63) is 22.7 Å². The minimum absolute atomic E-state index is 0.0175. The van der Waals surface area contributed by atoms with Gasteiger partial charge in [0.1, 0.15) is 0 Å². The zero-order valence-electron chi connectivity index (χ0n) is 9.17. The highest BCUT2D eigenvalue weighted by Crippen LogP contribution is 2.21. The van der Waals surface area contributed by atoms with Crippen molar-refractivity contribution in [3.63, 3.8) is 0 Å². The fourth-order valence-corrected chi connectivity index (χ4v) is 1.77. The second kappa shape index (κ2) is 4.36. The number of nitrogens with zero attached hydrogens (tertiary/aromatic N) is 2. The van der Waals surface area contributed by atoms with E-state index < -0.39 is 17.4 Å². The van der Waals surface area contributed by atoms with Crippen molar-refractivity contribution in [2.75, 3.05) is 18.6 Å². The average Bonchev–Trinajstić information content (AvgIpc) is 2.71. The SMILES string of the molecule is COC(=O)C1CC(=O)N(c2ncc[nH]c2=O)C1. The average molecular weight is 237 g/mol. The molecular weight excluding hydrogens is 226 g/mol. The highest BCUT2D eigenvalue weighted by Gasteiger charge is 2.37. The largest absolute Gasteiger partial charge is 0.469 e. The van der Waals surface area contributed by atoms with E-state index in [0.717, 1.165) is 0 Å². The zero-order chi connectivity index (χ0) is 12.4. The minimum Gasteiger partial charge on any atom is -0.469 e. The van der Waals surface area contributed by atoms with E-state index in [-0.39, 0.29) is 24.7 Å². The molecule has 17 heavy (non-hydrogen) atoms. The number of hydrogen-bond donors (Lipinski definition) is 1. The van der Waals surface area contributed by atoms with E-state index in [4.69, 9.17) is 0 Å². The summed E-state index contributed by atoms with van der Waals surface area (Å²) in [5.74, 6) is -1.27. The third kappa shape index (κ3) is 2.03. The summed E-state index contributed by atoms with van der Waals surface area (Å²) in [5.41, 5.74) is -0.452. The van der Waals surface area contributed by atoms with Gasteiger partial charge in [-0.2, -0.15) is 0 Å². The monoisotopic (exact) mass is 237 g/mol. The number of aromatic nitrogens is 2. The topological polar surface area (TPSA) is 92.4 Å². The van der Waals surface area contributed by atoms with Crippen molar-refractivity contribution < 1.29 is 14.3 Å². The van der Waals surface area contributed by atoms with Gasteiger partial charge in [-0.25, -0.2) is 4.98 Å². The summed E-state index contributed by atoms with van der Waals surface area (Å²) >= 11 is 0. The van der Waals surface area contributed by atoms with Crippen LogP contribution in [-0.2, 0) is 14.3 Å². The molecule has 0 bridgehead atoms. The zero-order valence-corrected chi connectivity index (χ0v) is 9.17. The van der Waals surface area contributed by atoms with Gasteiger partial charge in [0.2, 0.25) is 11.7 Å². The lowest BCUT2D eigenvalue weighted by Gasteiger charge is -2.13. The number of aromatic amines is 1. The van der Waals surface area contributed by atoms with Gasteiger partial charge >= 0.3 is 5.97 Å². The molecule has 0 radical (unpaired) electrons. The smallest absolute Gasteiger partial charge is 0.311 e. The maximum absolute atomic E-state index is 11.7. The van der Waals surface area contributed by atoms with Crippen LogP contribution in [0.1, 0.15) is 6.42 Å². The van der Waals surface area contributed by atoms with Crippen molar-refractivity contribution in [1.82, 2.24) is 9.97 Å². The van der Waals surface area contributed by atoms with Crippen LogP contribution in [0.15, 0.2) is 17.2 Å². The van der Waals surface area contributed by atoms with Gasteiger partial charge in [0, 0.05) is 25.4 Å². The van der Waals surface area contributed by atoms with Crippen molar-refractivity contribution in [2.45, 2.75) is 6.42 Å². The number of ether oxygens (including phenoxy) is 1. The molecule has 0 aromatic carbocycles. The summed E-state index contributed by atoms with van der Waals surface area (Å²) in [6.07, 6.45) is 2.81. The molecule has 1 aromatic rings. The molecule has 1 amide bonds. The van der Waals surface area contributed by atoms with Crippen LogP contribution in [0, 0.1) is 5.92 Å². The van der Waals surface area contributed by atoms with Crippen LogP contribution in [0.25, 0.3) is 0 Å². The van der Waals surface area contributed by atoms with Gasteiger partial charge in [0.25, 0.3) is 5.56 Å². The first-order valence-corrected chi connectivity index (χ1v) is 5.05. The van der Waals surface area contributed by atoms with Crippen LogP contribution in [0.2, 0.25) is 0 Å². The first-order valence-electron chi connectivity index (χ1n) is 5.05. The Bertz CT molecular complexity index is 510. The lowest BCUT2D eigenvalue weighted by atomic mass is 10.1. The fraction of sp³-hybridized carbons (Fsp3) is 0.400. The normalized spacial score (nSPS) is 19.5. The lowest BCUT2D eigenvalue weighted by Crippen LogP contribution is -2.32. The highest BCUT2D eigenvalue weighted by molar-refractivity contribution is 5.98. The minimum atomic E-state index is -0.533. The van der Waals surface area contributed by atoms with E-state index in [1.807, 2.05) is 0 Å². The Morgan fingerprint density at radius 3 is 3.00 bits per heavy atom. The van der Waals surface area contributed by atoms with E-state index in [1.165, 1.54) is 24.4 Å². The van der Waals surface area contributed by atoms with Crippen LogP contribution in [0.3, 0.4) is 0 Å². The Balaban J connectivity index is 2.25. The van der Waals surface area contributed by atoms with Gasteiger partial charge in [-0.05, 0) is 0 Å². The van der Waals surface area contributed by atoms with Crippen LogP contribution in [-0.4, -0.2) is 35.5 Å². The number of hydrogen-bond acceptors (Lipinski definition) is 5. The summed E-state index contributed by atoms with van der Waals surface area (Å²) < 4.78 is 4.57. The van der Waals surface area contributed by atoms with E-state index in [1.54, 1.807) is 0 Å². The molecular formula is C10H11N3O4. The van der Waals surface area contributed by atoms with Crippen LogP contribution >= 0.6 is 0 Å². The van der Waals surface area contributed by atoms with Gasteiger partial charge in [-0.1, -0.05) is 0 Å². The molecule has 7 heteroatoms. The molecule has 1 saturated heterocycles. The van der Waals surface area contributed by atoms with Crippen molar-refractivity contribution in [2.24, 2.45) is 5.92 Å². The van der Waals surface area contributed by atoms with Gasteiger partial charge < -0.3 is 9.72 Å². The molecule has 1 aromatic heterocycles. The van der Waals surface area contributed by atoms with Gasteiger partial charge in [0.05, 0.1) is 13.0 Å². The molecule has 0 saturated carbocycles. The number of carbonyl (C=O) groups excluding carboxylic acids is 2. The molecule has 7 nitrogen and oxygen atoms in total. The van der Waals surface area contributed by atoms with Crippen molar-refractivity contribution >= 4 is 17.7 Å². The Morgan fingerprint density at radius 1 is 1.59 bits per heavy atom. The van der Waals surface area contributed by atoms with Crippen LogP contribution in [0.4, 0.5) is 5.82 Å². The van der Waals surface area contributed by atoms with Crippen molar-refractivity contribution in [1.29, 1.82) is 0 Å². The summed E-state index contributed by atoms with van der Waals surface area (Å²) in [6, 6.07) is 0. The fourth-order valence-electron chi connectivity index (χ4n) is 1.77. The van der Waals surface area contributed by atoms with E-state index in [9.17, 15) is 14.4 Å². The molecule has 1 N–H and O–H groups in total. The highest BCUT2D eigenvalue weighted by atomic mass is 16.5. The number of esters is 1. The maximum Gasteiger partial charge on any atom is 0.311 e. The molecule has 2 rings (SSSR count). The molecule has 0 spiro atoms. The first kappa shape index (κ1) is 11.3. The van der Waals surface area contributed by atoms with E-state index in [0.29, 0.717) is 0 Å². The Morgan fingerprint density at radius 2 is 2.35 bits per heavy atom. The predicted molar refractivity (Wildman–Crippen MR) is 57.3 cm³/mol. The summed E-state index contributed by atoms with van der Waals surface area (Å²) in [5, 5.41) is 0. The lowest BCUT2D eigenvalue weighted by molar-refractivity contribution is -0.145. The summed E-state index contributed by atoms with van der Waals surface area (Å²) in [7, 11) is 1.27. The molecule has 1 unspecified atom stereocenters. The second-order valence-corrected chi connectivity index (χ2v) is 3.67.